The second-order valence-corrected chi connectivity index (χ2v) is 4.94. The maximum atomic E-state index is 8.84. The molecule has 0 saturated carbocycles. The summed E-state index contributed by atoms with van der Waals surface area (Å²) in [5.41, 5.74) is 1.83. The first-order valence-electron chi connectivity index (χ1n) is 6.20. The van der Waals surface area contributed by atoms with E-state index in [4.69, 9.17) is 21.1 Å². The van der Waals surface area contributed by atoms with Gasteiger partial charge >= 0.3 is 0 Å². The topological polar surface area (TPSA) is 45.4 Å². The largest absolute Gasteiger partial charge is 0.444 e. The molecule has 0 saturated heterocycles. The number of benzene rings is 1. The fourth-order valence-corrected chi connectivity index (χ4v) is 2.25. The van der Waals surface area contributed by atoms with Crippen LogP contribution in [0.4, 0.5) is 0 Å². The molecule has 0 radical (unpaired) electrons. The summed E-state index contributed by atoms with van der Waals surface area (Å²) in [6.45, 7) is 3.89. The molecule has 1 aromatic carbocycles. The van der Waals surface area contributed by atoms with Crippen molar-refractivity contribution in [1.29, 1.82) is 0 Å². The van der Waals surface area contributed by atoms with Gasteiger partial charge in [-0.1, -0.05) is 25.1 Å². The third kappa shape index (κ3) is 3.05. The maximum absolute atomic E-state index is 8.84. The van der Waals surface area contributed by atoms with Crippen LogP contribution in [0.2, 0.25) is 5.22 Å². The lowest BCUT2D eigenvalue weighted by atomic mass is 10.1. The highest BCUT2D eigenvalue weighted by molar-refractivity contribution is 6.30. The average Bonchev–Trinajstić information content (AvgIpc) is 2.66. The van der Waals surface area contributed by atoms with Crippen molar-refractivity contribution in [3.63, 3.8) is 0 Å². The number of aliphatic hydroxyl groups is 1. The molecule has 3 nitrogen and oxygen atoms in total. The lowest BCUT2D eigenvalue weighted by Gasteiger charge is -2.10. The molecule has 98 valence electrons. The molecule has 0 fully saturated rings. The molecule has 1 aromatic heterocycles. The highest BCUT2D eigenvalue weighted by Crippen LogP contribution is 2.29. The van der Waals surface area contributed by atoms with Crippen molar-refractivity contribution in [1.82, 2.24) is 5.32 Å². The fourth-order valence-electron chi connectivity index (χ4n) is 2.00. The number of fused-ring (bicyclic) bond motifs is 1. The smallest absolute Gasteiger partial charge is 0.199 e. The Morgan fingerprint density at radius 2 is 2.17 bits per heavy atom. The van der Waals surface area contributed by atoms with Crippen LogP contribution in [0, 0.1) is 5.92 Å². The zero-order valence-electron chi connectivity index (χ0n) is 10.4. The Kier molecular flexibility index (Phi) is 4.64. The van der Waals surface area contributed by atoms with Crippen LogP contribution in [-0.2, 0) is 6.54 Å². The summed E-state index contributed by atoms with van der Waals surface area (Å²) in [5.74, 6) is 0.451. The highest BCUT2D eigenvalue weighted by Gasteiger charge is 2.11. The van der Waals surface area contributed by atoms with E-state index in [0.29, 0.717) is 17.7 Å². The van der Waals surface area contributed by atoms with Crippen molar-refractivity contribution in [2.75, 3.05) is 13.2 Å². The second-order valence-electron chi connectivity index (χ2n) is 4.60. The second kappa shape index (κ2) is 6.23. The summed E-state index contributed by atoms with van der Waals surface area (Å²) in [6, 6.07) is 7.84. The van der Waals surface area contributed by atoms with Crippen LogP contribution >= 0.6 is 11.6 Å². The number of hydrogen-bond acceptors (Lipinski definition) is 3. The van der Waals surface area contributed by atoms with Gasteiger partial charge in [-0.05, 0) is 36.6 Å². The Labute approximate surface area is 112 Å². The molecule has 18 heavy (non-hydrogen) atoms. The Balaban J connectivity index is 2.01. The van der Waals surface area contributed by atoms with Crippen molar-refractivity contribution in [3.05, 3.63) is 35.0 Å². The normalized spacial score (nSPS) is 13.1. The first-order valence-corrected chi connectivity index (χ1v) is 6.57. The average molecular weight is 268 g/mol. The van der Waals surface area contributed by atoms with Crippen molar-refractivity contribution in [2.45, 2.75) is 19.9 Å². The molecule has 0 spiro atoms. The Bertz CT molecular complexity index is 509. The molecule has 0 amide bonds. The summed E-state index contributed by atoms with van der Waals surface area (Å²) >= 11 is 6.10. The lowest BCUT2D eigenvalue weighted by Crippen LogP contribution is -2.21. The molecule has 4 heteroatoms. The van der Waals surface area contributed by atoms with Gasteiger partial charge in [-0.25, -0.2) is 0 Å². The first kappa shape index (κ1) is 13.4. The van der Waals surface area contributed by atoms with Crippen molar-refractivity contribution >= 4 is 22.6 Å². The van der Waals surface area contributed by atoms with Crippen LogP contribution < -0.4 is 5.32 Å². The predicted octanol–water partition coefficient (Wildman–Crippen LogP) is 3.19. The van der Waals surface area contributed by atoms with Crippen LogP contribution in [0.15, 0.2) is 28.7 Å². The van der Waals surface area contributed by atoms with Crippen molar-refractivity contribution in [2.24, 2.45) is 5.92 Å². The summed E-state index contributed by atoms with van der Waals surface area (Å²) < 4.78 is 5.49. The number of halogens is 1. The number of rotatable bonds is 6. The molecule has 2 rings (SSSR count). The van der Waals surface area contributed by atoms with Gasteiger partial charge in [0.25, 0.3) is 0 Å². The predicted molar refractivity (Wildman–Crippen MR) is 73.8 cm³/mol. The van der Waals surface area contributed by atoms with Gasteiger partial charge in [0.2, 0.25) is 0 Å². The van der Waals surface area contributed by atoms with Crippen LogP contribution in [0.25, 0.3) is 11.0 Å². The quantitative estimate of drug-likeness (QED) is 0.845. The Hall–Kier alpha value is -1.03. The molecule has 1 atom stereocenters. The van der Waals surface area contributed by atoms with Gasteiger partial charge in [0, 0.05) is 24.1 Å². The summed E-state index contributed by atoms with van der Waals surface area (Å²) in [7, 11) is 0. The molecule has 2 aromatic rings. The third-order valence-electron chi connectivity index (χ3n) is 3.07. The van der Waals surface area contributed by atoms with Gasteiger partial charge in [0.1, 0.15) is 5.58 Å². The van der Waals surface area contributed by atoms with E-state index in [1.165, 1.54) is 0 Å². The zero-order chi connectivity index (χ0) is 13.0. The molecule has 1 unspecified atom stereocenters. The van der Waals surface area contributed by atoms with Gasteiger partial charge in [-0.3, -0.25) is 0 Å². The van der Waals surface area contributed by atoms with E-state index in [2.05, 4.69) is 12.2 Å². The van der Waals surface area contributed by atoms with E-state index < -0.39 is 0 Å². The number of furan rings is 1. The molecule has 0 aliphatic heterocycles. The van der Waals surface area contributed by atoms with Gasteiger partial charge in [-0.2, -0.15) is 0 Å². The third-order valence-corrected chi connectivity index (χ3v) is 3.37. The molecule has 1 heterocycles. The molecule has 0 aliphatic carbocycles. The number of aliphatic hydroxyl groups excluding tert-OH is 1. The molecular weight excluding hydrogens is 250 g/mol. The van der Waals surface area contributed by atoms with E-state index >= 15 is 0 Å². The van der Waals surface area contributed by atoms with Gasteiger partial charge < -0.3 is 14.8 Å². The zero-order valence-corrected chi connectivity index (χ0v) is 11.2. The van der Waals surface area contributed by atoms with E-state index in [-0.39, 0.29) is 6.61 Å². The maximum Gasteiger partial charge on any atom is 0.199 e. The van der Waals surface area contributed by atoms with E-state index in [9.17, 15) is 0 Å². The van der Waals surface area contributed by atoms with Crippen LogP contribution in [0.5, 0.6) is 0 Å². The van der Waals surface area contributed by atoms with Crippen molar-refractivity contribution in [3.8, 4) is 0 Å². The molecule has 0 aliphatic rings. The van der Waals surface area contributed by atoms with Crippen LogP contribution in [-0.4, -0.2) is 18.3 Å². The van der Waals surface area contributed by atoms with Gasteiger partial charge in [0.15, 0.2) is 5.22 Å². The molecule has 2 N–H and O–H groups in total. The highest BCUT2D eigenvalue weighted by atomic mass is 35.5. The Morgan fingerprint density at radius 1 is 1.39 bits per heavy atom. The SMILES string of the molecule is CC(CCO)CNCc1c(Cl)oc2ccccc12. The molecule has 0 bridgehead atoms. The fraction of sp³-hybridized carbons (Fsp3) is 0.429. The number of para-hydroxylation sites is 1. The molecular formula is C14H18ClNO2. The first-order chi connectivity index (χ1) is 8.72. The summed E-state index contributed by atoms with van der Waals surface area (Å²) in [4.78, 5) is 0. The lowest BCUT2D eigenvalue weighted by molar-refractivity contribution is 0.260. The van der Waals surface area contributed by atoms with Crippen LogP contribution in [0.3, 0.4) is 0 Å². The van der Waals surface area contributed by atoms with Crippen molar-refractivity contribution < 1.29 is 9.52 Å². The van der Waals surface area contributed by atoms with E-state index in [1.54, 1.807) is 0 Å². The van der Waals surface area contributed by atoms with Gasteiger partial charge in [0.05, 0.1) is 0 Å². The van der Waals surface area contributed by atoms with Gasteiger partial charge in [-0.15, -0.1) is 0 Å². The minimum atomic E-state index is 0.234. The summed E-state index contributed by atoms with van der Waals surface area (Å²) in [6.07, 6.45) is 0.812. The standard InChI is InChI=1S/C14H18ClNO2/c1-10(6-7-17)8-16-9-12-11-4-2-3-5-13(11)18-14(12)15/h2-5,10,16-17H,6-9H2,1H3. The minimum Gasteiger partial charge on any atom is -0.444 e. The van der Waals surface area contributed by atoms with Crippen LogP contribution in [0.1, 0.15) is 18.9 Å². The van der Waals surface area contributed by atoms with E-state index in [0.717, 1.165) is 29.5 Å². The van der Waals surface area contributed by atoms with E-state index in [1.807, 2.05) is 24.3 Å². The monoisotopic (exact) mass is 267 g/mol. The Morgan fingerprint density at radius 3 is 2.94 bits per heavy atom. The summed E-state index contributed by atoms with van der Waals surface area (Å²) in [5, 5.41) is 13.7. The minimum absolute atomic E-state index is 0.234. The number of hydrogen-bond donors (Lipinski definition) is 2. The number of nitrogens with one attached hydrogen (secondary N) is 1.